The second kappa shape index (κ2) is 9.61. The van der Waals surface area contributed by atoms with Crippen molar-refractivity contribution in [3.63, 3.8) is 0 Å². The first-order chi connectivity index (χ1) is 15.5. The number of fused-ring (bicyclic) bond motifs is 1. The molecule has 0 radical (unpaired) electrons. The minimum absolute atomic E-state index is 0.122. The van der Waals surface area contributed by atoms with Gasteiger partial charge in [0.25, 0.3) is 5.91 Å². The van der Waals surface area contributed by atoms with E-state index in [9.17, 15) is 9.18 Å². The molecule has 164 valence electrons. The molecule has 0 aliphatic carbocycles. The summed E-state index contributed by atoms with van der Waals surface area (Å²) in [6.45, 7) is 2.20. The quantitative estimate of drug-likeness (QED) is 0.409. The van der Waals surface area contributed by atoms with Gasteiger partial charge in [0.1, 0.15) is 18.2 Å². The second-order valence-electron chi connectivity index (χ2n) is 6.87. The largest absolute Gasteiger partial charge is 0.484 e. The number of nitrogens with one attached hydrogen (secondary N) is 1. The maximum Gasteiger partial charge on any atom is 0.258 e. The van der Waals surface area contributed by atoms with Gasteiger partial charge in [0, 0.05) is 16.7 Å². The van der Waals surface area contributed by atoms with E-state index in [2.05, 4.69) is 20.6 Å². The summed E-state index contributed by atoms with van der Waals surface area (Å²) in [5.41, 5.74) is 1.92. The fraction of sp³-hybridized carbons (Fsp3) is 0.182. The average molecular weight is 456 g/mol. The molecule has 0 saturated heterocycles. The van der Waals surface area contributed by atoms with Gasteiger partial charge in [0.15, 0.2) is 18.1 Å². The van der Waals surface area contributed by atoms with Crippen LogP contribution in [0.2, 0.25) is 5.02 Å². The third kappa shape index (κ3) is 5.12. The summed E-state index contributed by atoms with van der Waals surface area (Å²) in [5, 5.41) is 15.8. The van der Waals surface area contributed by atoms with Gasteiger partial charge in [0.2, 0.25) is 5.88 Å². The van der Waals surface area contributed by atoms with Crippen molar-refractivity contribution < 1.29 is 18.7 Å². The number of carbonyl (C=O) groups excluding carboxylic acids is 1. The fourth-order valence-electron chi connectivity index (χ4n) is 2.91. The molecule has 2 heterocycles. The molecule has 32 heavy (non-hydrogen) atoms. The van der Waals surface area contributed by atoms with Gasteiger partial charge in [-0.1, -0.05) is 23.7 Å². The highest BCUT2D eigenvalue weighted by molar-refractivity contribution is 6.31. The van der Waals surface area contributed by atoms with Gasteiger partial charge in [-0.2, -0.15) is 4.52 Å². The molecule has 8 nitrogen and oxygen atoms in total. The van der Waals surface area contributed by atoms with Crippen molar-refractivity contribution in [2.75, 3.05) is 19.8 Å². The highest BCUT2D eigenvalue weighted by Gasteiger charge is 2.11. The van der Waals surface area contributed by atoms with Crippen molar-refractivity contribution in [3.05, 3.63) is 71.0 Å². The van der Waals surface area contributed by atoms with Gasteiger partial charge < -0.3 is 14.8 Å². The number of benzene rings is 2. The topological polar surface area (TPSA) is 90.6 Å². The molecule has 1 amide bonds. The van der Waals surface area contributed by atoms with Crippen LogP contribution in [0.3, 0.4) is 0 Å². The smallest absolute Gasteiger partial charge is 0.258 e. The number of amides is 1. The molecule has 0 aliphatic rings. The van der Waals surface area contributed by atoms with Crippen molar-refractivity contribution >= 4 is 23.2 Å². The van der Waals surface area contributed by atoms with E-state index in [0.29, 0.717) is 33.7 Å². The summed E-state index contributed by atoms with van der Waals surface area (Å²) in [6, 6.07) is 14.5. The molecule has 4 aromatic rings. The monoisotopic (exact) mass is 455 g/mol. The Morgan fingerprint density at radius 2 is 2.00 bits per heavy atom. The number of hydrogen-bond acceptors (Lipinski definition) is 6. The van der Waals surface area contributed by atoms with E-state index >= 15 is 0 Å². The zero-order chi connectivity index (χ0) is 22.5. The Kier molecular flexibility index (Phi) is 6.46. The van der Waals surface area contributed by atoms with Gasteiger partial charge in [-0.15, -0.1) is 15.3 Å². The Bertz CT molecular complexity index is 1260. The number of rotatable bonds is 8. The molecule has 0 aliphatic heterocycles. The van der Waals surface area contributed by atoms with E-state index in [4.69, 9.17) is 21.1 Å². The molecular formula is C22H19ClFN5O3. The zero-order valence-electron chi connectivity index (χ0n) is 17.1. The van der Waals surface area contributed by atoms with E-state index in [1.807, 2.05) is 6.92 Å². The summed E-state index contributed by atoms with van der Waals surface area (Å²) in [6.07, 6.45) is 0. The highest BCUT2D eigenvalue weighted by atomic mass is 35.5. The van der Waals surface area contributed by atoms with Gasteiger partial charge in [0.05, 0.1) is 6.54 Å². The summed E-state index contributed by atoms with van der Waals surface area (Å²) >= 11 is 5.97. The molecule has 4 rings (SSSR count). The summed E-state index contributed by atoms with van der Waals surface area (Å²) < 4.78 is 26.1. The van der Waals surface area contributed by atoms with Crippen molar-refractivity contribution in [1.29, 1.82) is 0 Å². The molecule has 1 N–H and O–H groups in total. The minimum atomic E-state index is -0.377. The lowest BCUT2D eigenvalue weighted by Crippen LogP contribution is -2.32. The van der Waals surface area contributed by atoms with E-state index in [-0.39, 0.29) is 31.5 Å². The van der Waals surface area contributed by atoms with Crippen LogP contribution < -0.4 is 14.8 Å². The molecule has 2 aromatic heterocycles. The third-order valence-electron chi connectivity index (χ3n) is 4.49. The first-order valence-electron chi connectivity index (χ1n) is 9.76. The average Bonchev–Trinajstić information content (AvgIpc) is 3.21. The van der Waals surface area contributed by atoms with Crippen LogP contribution in [-0.4, -0.2) is 45.5 Å². The molecule has 10 heteroatoms. The Hall–Kier alpha value is -3.72. The van der Waals surface area contributed by atoms with Crippen molar-refractivity contribution in [3.8, 4) is 23.0 Å². The number of aryl methyl sites for hydroxylation is 1. The zero-order valence-corrected chi connectivity index (χ0v) is 17.8. The van der Waals surface area contributed by atoms with Crippen LogP contribution in [0.25, 0.3) is 17.0 Å². The normalized spacial score (nSPS) is 10.8. The first kappa shape index (κ1) is 21.5. The number of halogens is 2. The van der Waals surface area contributed by atoms with Crippen LogP contribution >= 0.6 is 11.6 Å². The first-order valence-corrected chi connectivity index (χ1v) is 10.1. The van der Waals surface area contributed by atoms with Crippen LogP contribution in [0.1, 0.15) is 5.56 Å². The van der Waals surface area contributed by atoms with Crippen LogP contribution in [0, 0.1) is 12.7 Å². The molecule has 0 saturated carbocycles. The van der Waals surface area contributed by atoms with E-state index in [1.54, 1.807) is 42.5 Å². The maximum absolute atomic E-state index is 13.5. The van der Waals surface area contributed by atoms with Gasteiger partial charge in [-0.3, -0.25) is 4.79 Å². The fourth-order valence-corrected chi connectivity index (χ4v) is 3.03. The SMILES string of the molecule is Cc1cc(OCC(=O)NCCOc2ccc3nnc(-c4cccc(F)c4)n3n2)ccc1Cl. The highest BCUT2D eigenvalue weighted by Crippen LogP contribution is 2.21. The summed E-state index contributed by atoms with van der Waals surface area (Å²) in [5.74, 6) is 0.623. The molecule has 2 aromatic carbocycles. The minimum Gasteiger partial charge on any atom is -0.484 e. The summed E-state index contributed by atoms with van der Waals surface area (Å²) in [7, 11) is 0. The third-order valence-corrected chi connectivity index (χ3v) is 4.92. The van der Waals surface area contributed by atoms with Crippen LogP contribution in [0.15, 0.2) is 54.6 Å². The Labute approximate surface area is 187 Å². The maximum atomic E-state index is 13.5. The Morgan fingerprint density at radius 1 is 1.12 bits per heavy atom. The predicted molar refractivity (Wildman–Crippen MR) is 116 cm³/mol. The van der Waals surface area contributed by atoms with Crippen LogP contribution in [0.4, 0.5) is 4.39 Å². The van der Waals surface area contributed by atoms with E-state index in [1.165, 1.54) is 16.6 Å². The predicted octanol–water partition coefficient (Wildman–Crippen LogP) is 3.47. The lowest BCUT2D eigenvalue weighted by molar-refractivity contribution is -0.123. The van der Waals surface area contributed by atoms with E-state index < -0.39 is 0 Å². The van der Waals surface area contributed by atoms with Gasteiger partial charge in [-0.25, -0.2) is 4.39 Å². The van der Waals surface area contributed by atoms with Gasteiger partial charge in [-0.05, 0) is 48.9 Å². The summed E-state index contributed by atoms with van der Waals surface area (Å²) in [4.78, 5) is 12.0. The van der Waals surface area contributed by atoms with Crippen LogP contribution in [0.5, 0.6) is 11.6 Å². The molecule has 0 bridgehead atoms. The second-order valence-corrected chi connectivity index (χ2v) is 7.28. The van der Waals surface area contributed by atoms with Crippen molar-refractivity contribution in [2.45, 2.75) is 6.92 Å². The number of carbonyl (C=O) groups is 1. The number of ether oxygens (including phenoxy) is 2. The van der Waals surface area contributed by atoms with E-state index in [0.717, 1.165) is 5.56 Å². The van der Waals surface area contributed by atoms with Crippen molar-refractivity contribution in [2.24, 2.45) is 0 Å². The molecular weight excluding hydrogens is 437 g/mol. The number of hydrogen-bond donors (Lipinski definition) is 1. The van der Waals surface area contributed by atoms with Gasteiger partial charge >= 0.3 is 0 Å². The Balaban J connectivity index is 1.29. The molecule has 0 atom stereocenters. The number of aromatic nitrogens is 4. The Morgan fingerprint density at radius 3 is 2.81 bits per heavy atom. The van der Waals surface area contributed by atoms with Crippen molar-refractivity contribution in [1.82, 2.24) is 25.1 Å². The van der Waals surface area contributed by atoms with Crippen LogP contribution in [-0.2, 0) is 4.79 Å². The molecule has 0 spiro atoms. The lowest BCUT2D eigenvalue weighted by atomic mass is 10.2. The lowest BCUT2D eigenvalue weighted by Gasteiger charge is -2.09. The molecule has 0 unspecified atom stereocenters. The standard InChI is InChI=1S/C22H19ClFN5O3/c1-14-11-17(5-6-18(14)23)32-13-20(30)25-9-10-31-21-8-7-19-26-27-22(29(19)28-21)15-3-2-4-16(24)12-15/h2-8,11-12H,9-10,13H2,1H3,(H,25,30). The number of nitrogens with zero attached hydrogens (tertiary/aromatic N) is 4. The molecule has 0 fully saturated rings.